The summed E-state index contributed by atoms with van der Waals surface area (Å²) in [6, 6.07) is 4.02. The normalized spacial score (nSPS) is 18.2. The molecule has 0 bridgehead atoms. The molecule has 0 aliphatic carbocycles. The number of imidazole rings is 1. The molecule has 1 fully saturated rings. The third-order valence-electron chi connectivity index (χ3n) is 5.02. The number of H-pyrrole nitrogens is 1. The minimum atomic E-state index is -1.11. The van der Waals surface area contributed by atoms with Crippen LogP contribution in [0.25, 0.3) is 11.2 Å². The Morgan fingerprint density at radius 2 is 2.03 bits per heavy atom. The number of pyridine rings is 1. The Kier molecular flexibility index (Phi) is 5.83. The van der Waals surface area contributed by atoms with Gasteiger partial charge in [-0.05, 0) is 18.2 Å². The van der Waals surface area contributed by atoms with Crippen LogP contribution in [0.5, 0.6) is 11.9 Å². The fraction of sp³-hybridized carbons (Fsp3) is 0.300. The molecule has 3 heterocycles. The number of carboxylic acids is 1. The Labute approximate surface area is 184 Å². The van der Waals surface area contributed by atoms with E-state index in [0.717, 1.165) is 12.1 Å². The molecule has 0 spiro atoms. The minimum Gasteiger partial charge on any atom is -0.480 e. The number of ether oxygens (including phenoxy) is 2. The first-order valence-electron chi connectivity index (χ1n) is 9.51. The molecule has 3 aromatic rings. The van der Waals surface area contributed by atoms with Gasteiger partial charge < -0.3 is 24.5 Å². The Morgan fingerprint density at radius 1 is 1.31 bits per heavy atom. The second-order valence-electron chi connectivity index (χ2n) is 7.18. The number of likely N-dealkylation sites (tertiary alicyclic amines) is 1. The van der Waals surface area contributed by atoms with E-state index in [2.05, 4.69) is 15.0 Å². The second kappa shape index (κ2) is 8.58. The molecule has 1 amide bonds. The van der Waals surface area contributed by atoms with Gasteiger partial charge in [-0.15, -0.1) is 0 Å². The fourth-order valence-corrected chi connectivity index (χ4v) is 3.68. The van der Waals surface area contributed by atoms with E-state index in [-0.39, 0.29) is 47.0 Å². The molecule has 2 atom stereocenters. The molecule has 2 aromatic heterocycles. The predicted molar refractivity (Wildman–Crippen MR) is 107 cm³/mol. The van der Waals surface area contributed by atoms with Gasteiger partial charge in [0.1, 0.15) is 35.4 Å². The van der Waals surface area contributed by atoms with Gasteiger partial charge >= 0.3 is 5.97 Å². The highest BCUT2D eigenvalue weighted by atomic mass is 35.5. The smallest absolute Gasteiger partial charge is 0.326 e. The maximum absolute atomic E-state index is 13.8. The first-order chi connectivity index (χ1) is 15.2. The lowest BCUT2D eigenvalue weighted by molar-refractivity contribution is -0.147. The van der Waals surface area contributed by atoms with Crippen molar-refractivity contribution in [3.8, 4) is 11.9 Å². The number of carboxylic acid groups (broad SMARTS) is 1. The monoisotopic (exact) mass is 466 g/mol. The van der Waals surface area contributed by atoms with Crippen LogP contribution in [0.4, 0.5) is 8.78 Å². The van der Waals surface area contributed by atoms with Gasteiger partial charge in [-0.3, -0.25) is 4.79 Å². The van der Waals surface area contributed by atoms with Crippen LogP contribution >= 0.6 is 11.6 Å². The van der Waals surface area contributed by atoms with Gasteiger partial charge in [0.05, 0.1) is 17.6 Å². The minimum absolute atomic E-state index is 0.0559. The number of hydrogen-bond donors (Lipinski definition) is 2. The topological polar surface area (TPSA) is 118 Å². The fourth-order valence-electron chi connectivity index (χ4n) is 3.47. The Morgan fingerprint density at radius 3 is 2.66 bits per heavy atom. The molecule has 1 aliphatic heterocycles. The van der Waals surface area contributed by atoms with E-state index in [0.29, 0.717) is 5.52 Å². The molecular formula is C20H17ClF2N4O5. The summed E-state index contributed by atoms with van der Waals surface area (Å²) in [5.41, 5.74) is 0.316. The van der Waals surface area contributed by atoms with Crippen LogP contribution in [-0.4, -0.2) is 55.5 Å². The number of aromatic amines is 1. The highest BCUT2D eigenvalue weighted by Gasteiger charge is 2.39. The van der Waals surface area contributed by atoms with Crippen molar-refractivity contribution in [2.45, 2.75) is 32.1 Å². The summed E-state index contributed by atoms with van der Waals surface area (Å²) in [5, 5.41) is 9.38. The van der Waals surface area contributed by atoms with Crippen molar-refractivity contribution >= 4 is 34.6 Å². The number of halogens is 3. The number of rotatable bonds is 6. The number of nitrogens with zero attached hydrogens (tertiary/aromatic N) is 3. The molecule has 0 radical (unpaired) electrons. The van der Waals surface area contributed by atoms with Gasteiger partial charge in [-0.2, -0.15) is 9.97 Å². The molecule has 0 unspecified atom stereocenters. The molecule has 168 valence electrons. The number of hydrogen-bond acceptors (Lipinski definition) is 6. The predicted octanol–water partition coefficient (Wildman–Crippen LogP) is 2.92. The van der Waals surface area contributed by atoms with Crippen LogP contribution < -0.4 is 9.47 Å². The zero-order chi connectivity index (χ0) is 23.0. The maximum atomic E-state index is 13.8. The quantitative estimate of drug-likeness (QED) is 0.573. The lowest BCUT2D eigenvalue weighted by Gasteiger charge is -2.18. The van der Waals surface area contributed by atoms with Crippen molar-refractivity contribution in [1.29, 1.82) is 0 Å². The average Bonchev–Trinajstić information content (AvgIpc) is 3.31. The number of amides is 1. The van der Waals surface area contributed by atoms with Gasteiger partial charge in [0, 0.05) is 13.3 Å². The van der Waals surface area contributed by atoms with E-state index in [4.69, 9.17) is 21.1 Å². The first kappa shape index (κ1) is 21.8. The van der Waals surface area contributed by atoms with Crippen LogP contribution in [0.15, 0.2) is 24.3 Å². The molecule has 1 aromatic carbocycles. The number of carbonyl (C=O) groups is 2. The van der Waals surface area contributed by atoms with Crippen molar-refractivity contribution in [2.24, 2.45) is 0 Å². The van der Waals surface area contributed by atoms with E-state index in [1.807, 2.05) is 0 Å². The maximum Gasteiger partial charge on any atom is 0.326 e. The molecule has 9 nitrogen and oxygen atoms in total. The van der Waals surface area contributed by atoms with E-state index >= 15 is 0 Å². The van der Waals surface area contributed by atoms with Crippen LogP contribution in [0.3, 0.4) is 0 Å². The summed E-state index contributed by atoms with van der Waals surface area (Å²) in [6.45, 7) is 0.963. The first-order valence-corrected chi connectivity index (χ1v) is 9.89. The van der Waals surface area contributed by atoms with Crippen LogP contribution in [-0.2, 0) is 16.2 Å². The lowest BCUT2D eigenvalue weighted by Crippen LogP contribution is -2.39. The van der Waals surface area contributed by atoms with Gasteiger partial charge in [0.2, 0.25) is 11.8 Å². The SMILES string of the molecule is CC(=O)N1C[C@@H](Oc2nc3nc(OCc4c(F)cccc4F)c(Cl)cc3[nH]2)C[C@H]1C(=O)O. The van der Waals surface area contributed by atoms with Gasteiger partial charge in [0.25, 0.3) is 6.01 Å². The van der Waals surface area contributed by atoms with Crippen molar-refractivity contribution < 1.29 is 33.0 Å². The lowest BCUT2D eigenvalue weighted by atomic mass is 10.2. The van der Waals surface area contributed by atoms with Gasteiger partial charge in [-0.25, -0.2) is 13.6 Å². The van der Waals surface area contributed by atoms with Crippen molar-refractivity contribution in [3.05, 3.63) is 46.5 Å². The zero-order valence-electron chi connectivity index (χ0n) is 16.6. The number of carbonyl (C=O) groups excluding carboxylic acids is 1. The second-order valence-corrected chi connectivity index (χ2v) is 7.59. The summed E-state index contributed by atoms with van der Waals surface area (Å²) < 4.78 is 38.7. The number of fused-ring (bicyclic) bond motifs is 1. The summed E-state index contributed by atoms with van der Waals surface area (Å²) >= 11 is 6.16. The molecule has 12 heteroatoms. The number of nitrogens with one attached hydrogen (secondary N) is 1. The Balaban J connectivity index is 1.50. The van der Waals surface area contributed by atoms with Crippen LogP contribution in [0, 0.1) is 11.6 Å². The standard InChI is InChI=1S/C20H17ClF2N4O5/c1-9(28)27-7-10(5-16(27)19(29)30)32-20-24-15-6-12(21)18(25-17(15)26-20)31-8-11-13(22)3-2-4-14(11)23/h2-4,6,10,16H,5,7-8H2,1H3,(H,29,30)(H,24,25,26)/t10-,16-/m0/s1. The summed E-state index contributed by atoms with van der Waals surface area (Å²) in [4.78, 5) is 35.5. The highest BCUT2D eigenvalue weighted by Crippen LogP contribution is 2.29. The molecule has 0 saturated carbocycles. The summed E-state index contributed by atoms with van der Waals surface area (Å²) in [6.07, 6.45) is -0.487. The molecule has 2 N–H and O–H groups in total. The molecule has 1 saturated heterocycles. The van der Waals surface area contributed by atoms with E-state index < -0.39 is 36.4 Å². The highest BCUT2D eigenvalue weighted by molar-refractivity contribution is 6.32. The molecule has 32 heavy (non-hydrogen) atoms. The molecular weight excluding hydrogens is 450 g/mol. The van der Waals surface area contributed by atoms with Crippen LogP contribution in [0.1, 0.15) is 18.9 Å². The summed E-state index contributed by atoms with van der Waals surface area (Å²) in [7, 11) is 0. The van der Waals surface area contributed by atoms with Crippen molar-refractivity contribution in [1.82, 2.24) is 19.9 Å². The van der Waals surface area contributed by atoms with E-state index in [1.165, 1.54) is 24.0 Å². The summed E-state index contributed by atoms with van der Waals surface area (Å²) in [5.74, 6) is -3.07. The zero-order valence-corrected chi connectivity index (χ0v) is 17.4. The van der Waals surface area contributed by atoms with E-state index in [1.54, 1.807) is 0 Å². The number of benzene rings is 1. The van der Waals surface area contributed by atoms with Crippen LogP contribution in [0.2, 0.25) is 5.02 Å². The van der Waals surface area contributed by atoms with Crippen molar-refractivity contribution in [2.75, 3.05) is 6.54 Å². The third-order valence-corrected chi connectivity index (χ3v) is 5.29. The van der Waals surface area contributed by atoms with Crippen molar-refractivity contribution in [3.63, 3.8) is 0 Å². The van der Waals surface area contributed by atoms with Gasteiger partial charge in [-0.1, -0.05) is 17.7 Å². The molecule has 1 aliphatic rings. The Hall–Kier alpha value is -3.47. The number of aliphatic carboxylic acids is 1. The molecule has 4 rings (SSSR count). The van der Waals surface area contributed by atoms with E-state index in [9.17, 15) is 23.5 Å². The third kappa shape index (κ3) is 4.28. The average molecular weight is 467 g/mol. The largest absolute Gasteiger partial charge is 0.480 e. The van der Waals surface area contributed by atoms with Gasteiger partial charge in [0.15, 0.2) is 5.65 Å². The number of aromatic nitrogens is 3. The Bertz CT molecular complexity index is 1160.